The Kier molecular flexibility index (Phi) is 6.42. The average molecular weight is 308 g/mol. The van der Waals surface area contributed by atoms with Gasteiger partial charge in [-0.1, -0.05) is 24.4 Å². The standard InChI is InChI=1S/C16H24N2O2S/c17-16(21)14-4-1-2-5-15(14)20-11-3-8-18-9-6-13(12-19)7-10-18/h1-2,4-5,13,19H,3,6-12H2,(H2,17,21). The summed E-state index contributed by atoms with van der Waals surface area (Å²) < 4.78 is 5.80. The largest absolute Gasteiger partial charge is 0.493 e. The van der Waals surface area contributed by atoms with Crippen molar-refractivity contribution in [2.45, 2.75) is 19.3 Å². The topological polar surface area (TPSA) is 58.7 Å². The predicted octanol–water partition coefficient (Wildman–Crippen LogP) is 1.79. The molecule has 1 aromatic carbocycles. The highest BCUT2D eigenvalue weighted by Gasteiger charge is 2.17. The van der Waals surface area contributed by atoms with E-state index in [1.165, 1.54) is 0 Å². The first-order valence-corrected chi connectivity index (χ1v) is 7.96. The quantitative estimate of drug-likeness (QED) is 0.594. The highest BCUT2D eigenvalue weighted by Crippen LogP contribution is 2.19. The van der Waals surface area contributed by atoms with Crippen molar-refractivity contribution in [2.24, 2.45) is 11.7 Å². The molecule has 0 aliphatic carbocycles. The molecule has 0 unspecified atom stereocenters. The number of para-hydroxylation sites is 1. The van der Waals surface area contributed by atoms with Crippen LogP contribution >= 0.6 is 12.2 Å². The number of aliphatic hydroxyl groups excluding tert-OH is 1. The van der Waals surface area contributed by atoms with E-state index >= 15 is 0 Å². The number of hydrogen-bond donors (Lipinski definition) is 2. The van der Waals surface area contributed by atoms with Crippen LogP contribution in [0.5, 0.6) is 5.75 Å². The Labute approximate surface area is 131 Å². The summed E-state index contributed by atoms with van der Waals surface area (Å²) in [5.74, 6) is 1.26. The van der Waals surface area contributed by atoms with Crippen molar-refractivity contribution >= 4 is 17.2 Å². The van der Waals surface area contributed by atoms with Crippen molar-refractivity contribution in [3.8, 4) is 5.75 Å². The minimum Gasteiger partial charge on any atom is -0.493 e. The van der Waals surface area contributed by atoms with Crippen LogP contribution in [-0.2, 0) is 0 Å². The van der Waals surface area contributed by atoms with Crippen LogP contribution in [0.2, 0.25) is 0 Å². The Morgan fingerprint density at radius 2 is 2.05 bits per heavy atom. The summed E-state index contributed by atoms with van der Waals surface area (Å²) in [4.78, 5) is 2.81. The fourth-order valence-corrected chi connectivity index (χ4v) is 2.83. The SMILES string of the molecule is NC(=S)c1ccccc1OCCCN1CCC(CO)CC1. The number of benzene rings is 1. The van der Waals surface area contributed by atoms with E-state index in [1.54, 1.807) is 0 Å². The van der Waals surface area contributed by atoms with Crippen LogP contribution in [-0.4, -0.2) is 47.8 Å². The van der Waals surface area contributed by atoms with Gasteiger partial charge in [0, 0.05) is 13.2 Å². The molecule has 0 saturated carbocycles. The van der Waals surface area contributed by atoms with Gasteiger partial charge in [0.1, 0.15) is 10.7 Å². The fourth-order valence-electron chi connectivity index (χ4n) is 2.66. The molecule has 4 nitrogen and oxygen atoms in total. The highest BCUT2D eigenvalue weighted by molar-refractivity contribution is 7.80. The molecule has 3 N–H and O–H groups in total. The summed E-state index contributed by atoms with van der Waals surface area (Å²) in [5.41, 5.74) is 6.49. The van der Waals surface area contributed by atoms with E-state index in [4.69, 9.17) is 27.8 Å². The molecule has 0 atom stereocenters. The first kappa shape index (κ1) is 16.2. The molecule has 1 fully saturated rings. The lowest BCUT2D eigenvalue weighted by Crippen LogP contribution is -2.35. The molecule has 0 aromatic heterocycles. The molecule has 21 heavy (non-hydrogen) atoms. The van der Waals surface area contributed by atoms with Gasteiger partial charge in [-0.25, -0.2) is 0 Å². The number of thiocarbonyl (C=S) groups is 1. The second-order valence-corrected chi connectivity index (χ2v) is 5.97. The van der Waals surface area contributed by atoms with Crippen LogP contribution in [0.1, 0.15) is 24.8 Å². The van der Waals surface area contributed by atoms with Crippen LogP contribution in [0.25, 0.3) is 0 Å². The molecule has 1 aliphatic rings. The third-order valence-electron chi connectivity index (χ3n) is 3.99. The van der Waals surface area contributed by atoms with Gasteiger partial charge in [0.2, 0.25) is 0 Å². The van der Waals surface area contributed by atoms with Crippen molar-refractivity contribution in [3.05, 3.63) is 29.8 Å². The number of nitrogens with zero attached hydrogens (tertiary/aromatic N) is 1. The van der Waals surface area contributed by atoms with E-state index in [0.717, 1.165) is 50.2 Å². The zero-order valence-corrected chi connectivity index (χ0v) is 13.1. The average Bonchev–Trinajstić information content (AvgIpc) is 2.52. The molecular weight excluding hydrogens is 284 g/mol. The zero-order valence-electron chi connectivity index (χ0n) is 12.3. The maximum Gasteiger partial charge on any atom is 0.129 e. The first-order valence-electron chi connectivity index (χ1n) is 7.55. The van der Waals surface area contributed by atoms with Crippen molar-refractivity contribution in [1.82, 2.24) is 4.90 Å². The molecule has 2 rings (SSSR count). The summed E-state index contributed by atoms with van der Waals surface area (Å²) >= 11 is 5.02. The molecule has 1 aliphatic heterocycles. The first-order chi connectivity index (χ1) is 10.2. The van der Waals surface area contributed by atoms with Gasteiger partial charge >= 0.3 is 0 Å². The maximum atomic E-state index is 9.13. The summed E-state index contributed by atoms with van der Waals surface area (Å²) in [6, 6.07) is 7.63. The van der Waals surface area contributed by atoms with Gasteiger partial charge in [0.05, 0.1) is 12.2 Å². The van der Waals surface area contributed by atoms with Crippen molar-refractivity contribution in [3.63, 3.8) is 0 Å². The molecule has 5 heteroatoms. The molecule has 1 aromatic rings. The van der Waals surface area contributed by atoms with Gasteiger partial charge in [-0.2, -0.15) is 0 Å². The molecule has 0 spiro atoms. The number of piperidine rings is 1. The van der Waals surface area contributed by atoms with Crippen LogP contribution in [0.4, 0.5) is 0 Å². The van der Waals surface area contributed by atoms with E-state index in [1.807, 2.05) is 24.3 Å². The molecule has 1 saturated heterocycles. The summed E-state index contributed by atoms with van der Waals surface area (Å²) in [6.07, 6.45) is 3.18. The molecular formula is C16H24N2O2S. The van der Waals surface area contributed by atoms with Crippen LogP contribution < -0.4 is 10.5 Å². The van der Waals surface area contributed by atoms with Crippen LogP contribution in [0.3, 0.4) is 0 Å². The Balaban J connectivity index is 1.70. The van der Waals surface area contributed by atoms with Crippen LogP contribution in [0, 0.1) is 5.92 Å². The molecule has 1 heterocycles. The van der Waals surface area contributed by atoms with E-state index in [0.29, 0.717) is 24.1 Å². The smallest absolute Gasteiger partial charge is 0.129 e. The Hall–Kier alpha value is -1.17. The second kappa shape index (κ2) is 8.32. The zero-order chi connectivity index (χ0) is 15.1. The van der Waals surface area contributed by atoms with Crippen molar-refractivity contribution in [1.29, 1.82) is 0 Å². The van der Waals surface area contributed by atoms with Gasteiger partial charge in [-0.15, -0.1) is 0 Å². The van der Waals surface area contributed by atoms with E-state index < -0.39 is 0 Å². The number of aliphatic hydroxyl groups is 1. The van der Waals surface area contributed by atoms with Gasteiger partial charge in [0.25, 0.3) is 0 Å². The van der Waals surface area contributed by atoms with Crippen LogP contribution in [0.15, 0.2) is 24.3 Å². The van der Waals surface area contributed by atoms with Crippen molar-refractivity contribution in [2.75, 3.05) is 32.8 Å². The van der Waals surface area contributed by atoms with Gasteiger partial charge in [-0.05, 0) is 50.4 Å². The lowest BCUT2D eigenvalue weighted by atomic mass is 9.98. The summed E-state index contributed by atoms with van der Waals surface area (Å²) in [5, 5.41) is 9.13. The normalized spacial score (nSPS) is 16.8. The van der Waals surface area contributed by atoms with Crippen molar-refractivity contribution < 1.29 is 9.84 Å². The molecule has 116 valence electrons. The maximum absolute atomic E-state index is 9.13. The summed E-state index contributed by atoms with van der Waals surface area (Å²) in [7, 11) is 0. The fraction of sp³-hybridized carbons (Fsp3) is 0.562. The van der Waals surface area contributed by atoms with Gasteiger partial charge < -0.3 is 20.5 Å². The number of rotatable bonds is 7. The Morgan fingerprint density at radius 3 is 2.71 bits per heavy atom. The van der Waals surface area contributed by atoms with E-state index in [9.17, 15) is 0 Å². The Bertz CT molecular complexity index is 459. The highest BCUT2D eigenvalue weighted by atomic mass is 32.1. The third-order valence-corrected chi connectivity index (χ3v) is 4.21. The summed E-state index contributed by atoms with van der Waals surface area (Å²) in [6.45, 7) is 4.18. The number of ether oxygens (including phenoxy) is 1. The molecule has 0 radical (unpaired) electrons. The number of hydrogen-bond acceptors (Lipinski definition) is 4. The lowest BCUT2D eigenvalue weighted by molar-refractivity contribution is 0.126. The molecule has 0 bridgehead atoms. The Morgan fingerprint density at radius 1 is 1.33 bits per heavy atom. The third kappa shape index (κ3) is 4.95. The minimum atomic E-state index is 0.326. The van der Waals surface area contributed by atoms with Gasteiger partial charge in [0.15, 0.2) is 0 Å². The lowest BCUT2D eigenvalue weighted by Gasteiger charge is -2.30. The van der Waals surface area contributed by atoms with E-state index in [2.05, 4.69) is 4.90 Å². The number of nitrogens with two attached hydrogens (primary N) is 1. The monoisotopic (exact) mass is 308 g/mol. The second-order valence-electron chi connectivity index (χ2n) is 5.53. The van der Waals surface area contributed by atoms with Gasteiger partial charge in [-0.3, -0.25) is 0 Å². The number of likely N-dealkylation sites (tertiary alicyclic amines) is 1. The van der Waals surface area contributed by atoms with E-state index in [-0.39, 0.29) is 0 Å². The molecule has 0 amide bonds. The minimum absolute atomic E-state index is 0.326. The predicted molar refractivity (Wildman–Crippen MR) is 88.7 cm³/mol.